The molecule has 9 nitrogen and oxygen atoms in total. The summed E-state index contributed by atoms with van der Waals surface area (Å²) in [6.07, 6.45) is -0.635. The molecule has 2 aromatic carbocycles. The van der Waals surface area contributed by atoms with E-state index in [-0.39, 0.29) is 30.8 Å². The molecule has 2 N–H and O–H groups in total. The number of ether oxygens (including phenoxy) is 1. The molecule has 2 aromatic rings. The standard InChI is InChI=1S/C21H20N2O7/c1-20-15(25)10-21(30-20,8-9-24)17-16(20)18(26)22(19(17)27)13-6-7-14(23(28)29)12-5-3-2-4-11(12)13/h2-7,15-17,24-25H,8-10H2,1H3/t15-,16-,17+,20?,21?/m1/s1. The van der Waals surface area contributed by atoms with Gasteiger partial charge < -0.3 is 14.9 Å². The number of aliphatic hydroxyl groups excluding tert-OH is 2. The summed E-state index contributed by atoms with van der Waals surface area (Å²) >= 11 is 0. The SMILES string of the molecule is CC12OC(CCO)(C[C@H]1O)[C@@H]1C(=O)N(c3ccc([N+](=O)[O-])c4ccccc34)C(=O)[C@@H]12. The Morgan fingerprint density at radius 3 is 2.50 bits per heavy atom. The average Bonchev–Trinajstić information content (AvgIpc) is 3.23. The molecule has 0 aliphatic carbocycles. The van der Waals surface area contributed by atoms with Crippen LogP contribution in [0.2, 0.25) is 0 Å². The van der Waals surface area contributed by atoms with Crippen LogP contribution in [-0.2, 0) is 14.3 Å². The normalized spacial score (nSPS) is 34.8. The highest BCUT2D eigenvalue weighted by atomic mass is 16.6. The largest absolute Gasteiger partial charge is 0.396 e. The lowest BCUT2D eigenvalue weighted by atomic mass is 9.66. The third-order valence-corrected chi connectivity index (χ3v) is 6.96. The van der Waals surface area contributed by atoms with Crippen LogP contribution in [0.5, 0.6) is 0 Å². The fraction of sp³-hybridized carbons (Fsp3) is 0.429. The lowest BCUT2D eigenvalue weighted by Gasteiger charge is -2.33. The summed E-state index contributed by atoms with van der Waals surface area (Å²) in [5.74, 6) is -2.66. The van der Waals surface area contributed by atoms with E-state index in [9.17, 15) is 29.9 Å². The maximum Gasteiger partial charge on any atom is 0.277 e. The van der Waals surface area contributed by atoms with Gasteiger partial charge in [0.25, 0.3) is 5.69 Å². The van der Waals surface area contributed by atoms with Crippen LogP contribution in [0.4, 0.5) is 11.4 Å². The van der Waals surface area contributed by atoms with Crippen LogP contribution in [0, 0.1) is 22.0 Å². The lowest BCUT2D eigenvalue weighted by Crippen LogP contribution is -2.49. The number of imide groups is 1. The molecule has 0 spiro atoms. The van der Waals surface area contributed by atoms with Gasteiger partial charge >= 0.3 is 0 Å². The molecule has 3 aliphatic heterocycles. The number of carbonyl (C=O) groups is 2. The van der Waals surface area contributed by atoms with Gasteiger partial charge in [0.05, 0.1) is 39.5 Å². The molecule has 0 radical (unpaired) electrons. The molecule has 30 heavy (non-hydrogen) atoms. The van der Waals surface area contributed by atoms with E-state index in [1.165, 1.54) is 12.1 Å². The fourth-order valence-corrected chi connectivity index (χ4v) is 5.67. The highest BCUT2D eigenvalue weighted by Gasteiger charge is 2.76. The Morgan fingerprint density at radius 2 is 1.83 bits per heavy atom. The van der Waals surface area contributed by atoms with Crippen LogP contribution in [0.3, 0.4) is 0 Å². The molecule has 5 rings (SSSR count). The molecule has 5 atom stereocenters. The Morgan fingerprint density at radius 1 is 1.17 bits per heavy atom. The molecule has 2 amide bonds. The quantitative estimate of drug-likeness (QED) is 0.442. The number of hydrogen-bond acceptors (Lipinski definition) is 7. The van der Waals surface area contributed by atoms with Crippen LogP contribution >= 0.6 is 0 Å². The number of nitro benzene ring substituents is 1. The van der Waals surface area contributed by atoms with Gasteiger partial charge in [-0.25, -0.2) is 4.90 Å². The first-order valence-corrected chi connectivity index (χ1v) is 9.78. The second kappa shape index (κ2) is 6.07. The number of amides is 2. The Bertz CT molecular complexity index is 1120. The maximum absolute atomic E-state index is 13.5. The van der Waals surface area contributed by atoms with Crippen LogP contribution < -0.4 is 4.90 Å². The van der Waals surface area contributed by atoms with Gasteiger partial charge in [-0.05, 0) is 19.1 Å². The first-order chi connectivity index (χ1) is 14.2. The van der Waals surface area contributed by atoms with Crippen molar-refractivity contribution in [2.24, 2.45) is 11.8 Å². The van der Waals surface area contributed by atoms with E-state index in [1.807, 2.05) is 0 Å². The molecule has 3 fully saturated rings. The minimum Gasteiger partial charge on any atom is -0.396 e. The molecule has 9 heteroatoms. The van der Waals surface area contributed by atoms with Crippen molar-refractivity contribution in [3.05, 3.63) is 46.5 Å². The molecule has 3 saturated heterocycles. The molecule has 0 saturated carbocycles. The molecule has 2 unspecified atom stereocenters. The number of benzene rings is 2. The molecule has 156 valence electrons. The summed E-state index contributed by atoms with van der Waals surface area (Å²) < 4.78 is 6.06. The van der Waals surface area contributed by atoms with E-state index in [2.05, 4.69) is 0 Å². The number of anilines is 1. The van der Waals surface area contributed by atoms with Gasteiger partial charge in [0.2, 0.25) is 11.8 Å². The van der Waals surface area contributed by atoms with Crippen molar-refractivity contribution in [1.82, 2.24) is 0 Å². The topological polar surface area (TPSA) is 130 Å². The zero-order valence-electron chi connectivity index (χ0n) is 16.1. The smallest absolute Gasteiger partial charge is 0.277 e. The van der Waals surface area contributed by atoms with Crippen molar-refractivity contribution in [3.8, 4) is 0 Å². The monoisotopic (exact) mass is 412 g/mol. The summed E-state index contributed by atoms with van der Waals surface area (Å²) in [6, 6.07) is 9.26. The Balaban J connectivity index is 1.67. The summed E-state index contributed by atoms with van der Waals surface area (Å²) in [4.78, 5) is 39.0. The fourth-order valence-electron chi connectivity index (χ4n) is 5.67. The van der Waals surface area contributed by atoms with Gasteiger partial charge in [0.15, 0.2) is 0 Å². The Kier molecular flexibility index (Phi) is 3.86. The van der Waals surface area contributed by atoms with Crippen molar-refractivity contribution >= 4 is 34.0 Å². The molecular formula is C21H20N2O7. The summed E-state index contributed by atoms with van der Waals surface area (Å²) in [6.45, 7) is 1.39. The number of hydrogen-bond donors (Lipinski definition) is 2. The van der Waals surface area contributed by atoms with Crippen LogP contribution in [0.25, 0.3) is 10.8 Å². The molecule has 3 aliphatic rings. The average molecular weight is 412 g/mol. The number of rotatable bonds is 4. The van der Waals surface area contributed by atoms with Gasteiger partial charge in [0, 0.05) is 30.9 Å². The molecular weight excluding hydrogens is 392 g/mol. The van der Waals surface area contributed by atoms with E-state index < -0.39 is 45.9 Å². The van der Waals surface area contributed by atoms with Gasteiger partial charge in [0.1, 0.15) is 5.60 Å². The summed E-state index contributed by atoms with van der Waals surface area (Å²) in [5, 5.41) is 32.3. The maximum atomic E-state index is 13.5. The molecule has 2 bridgehead atoms. The predicted octanol–water partition coefficient (Wildman–Crippen LogP) is 1.53. The lowest BCUT2D eigenvalue weighted by molar-refractivity contribution is -0.383. The number of nitrogens with zero attached hydrogens (tertiary/aromatic N) is 2. The number of aliphatic hydroxyl groups is 2. The van der Waals surface area contributed by atoms with Crippen LogP contribution in [0.1, 0.15) is 19.8 Å². The minimum atomic E-state index is -1.22. The van der Waals surface area contributed by atoms with E-state index >= 15 is 0 Å². The number of carbonyl (C=O) groups excluding carboxylic acids is 2. The van der Waals surface area contributed by atoms with Crippen LogP contribution in [0.15, 0.2) is 36.4 Å². The van der Waals surface area contributed by atoms with Crippen molar-refractivity contribution in [2.75, 3.05) is 11.5 Å². The van der Waals surface area contributed by atoms with Crippen molar-refractivity contribution < 1.29 is 29.5 Å². The van der Waals surface area contributed by atoms with Gasteiger partial charge in [-0.15, -0.1) is 0 Å². The van der Waals surface area contributed by atoms with Crippen LogP contribution in [-0.4, -0.2) is 50.9 Å². The second-order valence-corrected chi connectivity index (χ2v) is 8.42. The molecule has 3 heterocycles. The first-order valence-electron chi connectivity index (χ1n) is 9.78. The van der Waals surface area contributed by atoms with Gasteiger partial charge in [-0.1, -0.05) is 18.2 Å². The number of nitro groups is 1. The van der Waals surface area contributed by atoms with Gasteiger partial charge in [-0.3, -0.25) is 19.7 Å². The highest BCUT2D eigenvalue weighted by Crippen LogP contribution is 2.62. The van der Waals surface area contributed by atoms with E-state index in [1.54, 1.807) is 31.2 Å². The minimum absolute atomic E-state index is 0.115. The van der Waals surface area contributed by atoms with E-state index in [4.69, 9.17) is 4.74 Å². The van der Waals surface area contributed by atoms with Crippen molar-refractivity contribution in [3.63, 3.8) is 0 Å². The summed E-state index contributed by atoms with van der Waals surface area (Å²) in [5.41, 5.74) is -2.17. The van der Waals surface area contributed by atoms with E-state index in [0.717, 1.165) is 4.90 Å². The van der Waals surface area contributed by atoms with Crippen molar-refractivity contribution in [2.45, 2.75) is 37.1 Å². The third-order valence-electron chi connectivity index (χ3n) is 6.96. The van der Waals surface area contributed by atoms with Crippen molar-refractivity contribution in [1.29, 1.82) is 0 Å². The second-order valence-electron chi connectivity index (χ2n) is 8.42. The number of non-ortho nitro benzene ring substituents is 1. The van der Waals surface area contributed by atoms with E-state index in [0.29, 0.717) is 10.8 Å². The van der Waals surface area contributed by atoms with Gasteiger partial charge in [-0.2, -0.15) is 0 Å². The first kappa shape index (κ1) is 19.1. The zero-order chi connectivity index (χ0) is 21.4. The third kappa shape index (κ3) is 2.17. The Labute approximate surface area is 171 Å². The zero-order valence-corrected chi connectivity index (χ0v) is 16.1. The predicted molar refractivity (Wildman–Crippen MR) is 105 cm³/mol. The Hall–Kier alpha value is -2.88. The molecule has 0 aromatic heterocycles. The summed E-state index contributed by atoms with van der Waals surface area (Å²) in [7, 11) is 0. The highest BCUT2D eigenvalue weighted by molar-refractivity contribution is 6.26. The number of fused-ring (bicyclic) bond motifs is 6.